The first-order valence-corrected chi connectivity index (χ1v) is 7.93. The summed E-state index contributed by atoms with van der Waals surface area (Å²) in [5, 5.41) is 3.60. The van der Waals surface area contributed by atoms with E-state index in [9.17, 15) is 0 Å². The van der Waals surface area contributed by atoms with Gasteiger partial charge in [-0.25, -0.2) is 0 Å². The number of pyridine rings is 1. The second-order valence-corrected chi connectivity index (χ2v) is 5.40. The summed E-state index contributed by atoms with van der Waals surface area (Å²) in [7, 11) is 0. The van der Waals surface area contributed by atoms with Crippen LogP contribution in [0, 0.1) is 6.92 Å². The molecule has 0 saturated heterocycles. The summed E-state index contributed by atoms with van der Waals surface area (Å²) in [6.45, 7) is 7.66. The molecule has 1 rings (SSSR count). The van der Waals surface area contributed by atoms with Gasteiger partial charge in [0.2, 0.25) is 0 Å². The Morgan fingerprint density at radius 1 is 1.11 bits per heavy atom. The van der Waals surface area contributed by atoms with Crippen LogP contribution in [0.3, 0.4) is 0 Å². The predicted octanol–water partition coefficient (Wildman–Crippen LogP) is 4.79. The van der Waals surface area contributed by atoms with Gasteiger partial charge in [0.1, 0.15) is 0 Å². The molecule has 0 spiro atoms. The molecule has 1 aromatic rings. The fraction of sp³-hybridized carbons (Fsp3) is 0.706. The quantitative estimate of drug-likeness (QED) is 0.613. The number of hydrogen-bond donors (Lipinski definition) is 1. The Hall–Kier alpha value is -0.890. The van der Waals surface area contributed by atoms with Crippen molar-refractivity contribution in [3.63, 3.8) is 0 Å². The summed E-state index contributed by atoms with van der Waals surface area (Å²) < 4.78 is 0. The molecule has 1 atom stereocenters. The molecular formula is C17H30N2. The van der Waals surface area contributed by atoms with Gasteiger partial charge in [-0.1, -0.05) is 52.4 Å². The van der Waals surface area contributed by atoms with E-state index < -0.39 is 0 Å². The maximum atomic E-state index is 4.28. The normalized spacial score (nSPS) is 12.6. The van der Waals surface area contributed by atoms with Crippen LogP contribution in [0.15, 0.2) is 18.5 Å². The minimum absolute atomic E-state index is 0.477. The predicted molar refractivity (Wildman–Crippen MR) is 83.4 cm³/mol. The molecule has 0 aliphatic carbocycles. The van der Waals surface area contributed by atoms with Gasteiger partial charge in [0.15, 0.2) is 0 Å². The zero-order chi connectivity index (χ0) is 13.9. The number of aryl methyl sites for hydroxylation is 1. The second kappa shape index (κ2) is 9.96. The van der Waals surface area contributed by atoms with E-state index in [1.54, 1.807) is 0 Å². The minimum Gasteiger partial charge on any atom is -0.310 e. The van der Waals surface area contributed by atoms with Crippen molar-refractivity contribution in [1.29, 1.82) is 0 Å². The average molecular weight is 262 g/mol. The molecule has 1 N–H and O–H groups in total. The van der Waals surface area contributed by atoms with Crippen LogP contribution < -0.4 is 5.32 Å². The lowest BCUT2D eigenvalue weighted by Crippen LogP contribution is -2.21. The zero-order valence-corrected chi connectivity index (χ0v) is 12.9. The van der Waals surface area contributed by atoms with Crippen LogP contribution in [0.5, 0.6) is 0 Å². The molecule has 1 heterocycles. The SMILES string of the molecule is CCCCCCCCC(NCC)c1cnccc1C. The molecule has 0 aromatic carbocycles. The molecule has 108 valence electrons. The van der Waals surface area contributed by atoms with E-state index in [-0.39, 0.29) is 0 Å². The Morgan fingerprint density at radius 3 is 2.53 bits per heavy atom. The van der Waals surface area contributed by atoms with Gasteiger partial charge < -0.3 is 5.32 Å². The maximum absolute atomic E-state index is 4.28. The highest BCUT2D eigenvalue weighted by atomic mass is 14.9. The number of nitrogens with one attached hydrogen (secondary N) is 1. The van der Waals surface area contributed by atoms with Crippen LogP contribution in [0.1, 0.15) is 76.0 Å². The number of unbranched alkanes of at least 4 members (excludes halogenated alkanes) is 5. The van der Waals surface area contributed by atoms with Gasteiger partial charge in [0.05, 0.1) is 0 Å². The van der Waals surface area contributed by atoms with Crippen molar-refractivity contribution < 1.29 is 0 Å². The van der Waals surface area contributed by atoms with Gasteiger partial charge in [-0.05, 0) is 37.1 Å². The first kappa shape index (κ1) is 16.2. The second-order valence-electron chi connectivity index (χ2n) is 5.40. The first-order valence-electron chi connectivity index (χ1n) is 7.93. The number of aromatic nitrogens is 1. The molecule has 0 saturated carbocycles. The van der Waals surface area contributed by atoms with Gasteiger partial charge in [0.25, 0.3) is 0 Å². The highest BCUT2D eigenvalue weighted by Gasteiger charge is 2.12. The number of nitrogens with zero attached hydrogens (tertiary/aromatic N) is 1. The van der Waals surface area contributed by atoms with Gasteiger partial charge in [-0.3, -0.25) is 4.98 Å². The smallest absolute Gasteiger partial charge is 0.0338 e. The van der Waals surface area contributed by atoms with Crippen molar-refractivity contribution in [2.75, 3.05) is 6.54 Å². The summed E-state index contributed by atoms with van der Waals surface area (Å²) in [4.78, 5) is 4.28. The third kappa shape index (κ3) is 6.20. The van der Waals surface area contributed by atoms with Gasteiger partial charge >= 0.3 is 0 Å². The Labute approximate surface area is 119 Å². The van der Waals surface area contributed by atoms with Crippen LogP contribution in [-0.4, -0.2) is 11.5 Å². The number of hydrogen-bond acceptors (Lipinski definition) is 2. The van der Waals surface area contributed by atoms with Crippen molar-refractivity contribution in [3.8, 4) is 0 Å². The average Bonchev–Trinajstić information content (AvgIpc) is 2.42. The molecule has 0 amide bonds. The lowest BCUT2D eigenvalue weighted by Gasteiger charge is -2.19. The molecule has 0 aliphatic heterocycles. The molecule has 2 heteroatoms. The van der Waals surface area contributed by atoms with E-state index in [0.29, 0.717) is 6.04 Å². The zero-order valence-electron chi connectivity index (χ0n) is 12.9. The maximum Gasteiger partial charge on any atom is 0.0338 e. The summed E-state index contributed by atoms with van der Waals surface area (Å²) in [6, 6.07) is 2.59. The Morgan fingerprint density at radius 2 is 1.84 bits per heavy atom. The third-order valence-corrected chi connectivity index (χ3v) is 3.75. The van der Waals surface area contributed by atoms with Crippen LogP contribution in [0.25, 0.3) is 0 Å². The van der Waals surface area contributed by atoms with Crippen LogP contribution in [0.4, 0.5) is 0 Å². The van der Waals surface area contributed by atoms with Crippen molar-refractivity contribution >= 4 is 0 Å². The van der Waals surface area contributed by atoms with Gasteiger partial charge in [-0.15, -0.1) is 0 Å². The van der Waals surface area contributed by atoms with Crippen LogP contribution in [0.2, 0.25) is 0 Å². The standard InChI is InChI=1S/C17H30N2/c1-4-6-7-8-9-10-11-17(19-5-2)16-14-18-13-12-15(16)3/h12-14,17,19H,4-11H2,1-3H3. The third-order valence-electron chi connectivity index (χ3n) is 3.75. The summed E-state index contributed by atoms with van der Waals surface area (Å²) in [5.41, 5.74) is 2.73. The van der Waals surface area contributed by atoms with Gasteiger partial charge in [-0.2, -0.15) is 0 Å². The molecule has 0 fully saturated rings. The Balaban J connectivity index is 2.39. The Kier molecular flexibility index (Phi) is 8.48. The largest absolute Gasteiger partial charge is 0.310 e. The molecular weight excluding hydrogens is 232 g/mol. The minimum atomic E-state index is 0.477. The van der Waals surface area contributed by atoms with Gasteiger partial charge in [0, 0.05) is 18.4 Å². The molecule has 19 heavy (non-hydrogen) atoms. The summed E-state index contributed by atoms with van der Waals surface area (Å²) in [5.74, 6) is 0. The van der Waals surface area contributed by atoms with Crippen molar-refractivity contribution in [3.05, 3.63) is 29.6 Å². The summed E-state index contributed by atoms with van der Waals surface area (Å²) >= 11 is 0. The molecule has 1 aromatic heterocycles. The van der Waals surface area contributed by atoms with E-state index in [1.165, 1.54) is 56.1 Å². The monoisotopic (exact) mass is 262 g/mol. The van der Waals surface area contributed by atoms with E-state index in [2.05, 4.69) is 37.1 Å². The number of rotatable bonds is 10. The molecule has 1 unspecified atom stereocenters. The molecule has 0 radical (unpaired) electrons. The van der Waals surface area contributed by atoms with E-state index in [1.807, 2.05) is 12.4 Å². The lowest BCUT2D eigenvalue weighted by molar-refractivity contribution is 0.474. The van der Waals surface area contributed by atoms with Crippen molar-refractivity contribution in [1.82, 2.24) is 10.3 Å². The summed E-state index contributed by atoms with van der Waals surface area (Å²) in [6.07, 6.45) is 13.3. The van der Waals surface area contributed by atoms with E-state index >= 15 is 0 Å². The van der Waals surface area contributed by atoms with Crippen LogP contribution >= 0.6 is 0 Å². The first-order chi connectivity index (χ1) is 9.29. The molecule has 0 aliphatic rings. The molecule has 0 bridgehead atoms. The van der Waals surface area contributed by atoms with E-state index in [0.717, 1.165) is 6.54 Å². The fourth-order valence-corrected chi connectivity index (χ4v) is 2.58. The Bertz CT molecular complexity index is 336. The lowest BCUT2D eigenvalue weighted by atomic mass is 9.97. The highest BCUT2D eigenvalue weighted by molar-refractivity contribution is 5.24. The van der Waals surface area contributed by atoms with Crippen molar-refractivity contribution in [2.24, 2.45) is 0 Å². The van der Waals surface area contributed by atoms with E-state index in [4.69, 9.17) is 0 Å². The highest BCUT2D eigenvalue weighted by Crippen LogP contribution is 2.22. The van der Waals surface area contributed by atoms with Crippen molar-refractivity contribution in [2.45, 2.75) is 71.8 Å². The fourth-order valence-electron chi connectivity index (χ4n) is 2.58. The topological polar surface area (TPSA) is 24.9 Å². The molecule has 2 nitrogen and oxygen atoms in total. The van der Waals surface area contributed by atoms with Crippen LogP contribution in [-0.2, 0) is 0 Å².